The molecule has 0 saturated heterocycles. The predicted molar refractivity (Wildman–Crippen MR) is 160 cm³/mol. The minimum Gasteiger partial charge on any atom is -0.345 e. The van der Waals surface area contributed by atoms with Gasteiger partial charge < -0.3 is 9.47 Å². The highest BCUT2D eigenvalue weighted by Crippen LogP contribution is 2.26. The van der Waals surface area contributed by atoms with E-state index in [0.717, 1.165) is 23.2 Å². The Kier molecular flexibility index (Phi) is 10.8. The van der Waals surface area contributed by atoms with E-state index in [1.165, 1.54) is 4.31 Å². The van der Waals surface area contributed by atoms with Gasteiger partial charge in [-0.3, -0.25) is 4.79 Å². The van der Waals surface area contributed by atoms with Crippen molar-refractivity contribution in [3.05, 3.63) is 87.7 Å². The van der Waals surface area contributed by atoms with Crippen molar-refractivity contribution in [2.45, 2.75) is 72.4 Å². The van der Waals surface area contributed by atoms with Crippen LogP contribution in [0.25, 0.3) is 0 Å². The van der Waals surface area contributed by atoms with Crippen LogP contribution in [0.4, 0.5) is 0 Å². The molecule has 0 atom stereocenters. The first-order valence-electron chi connectivity index (χ1n) is 13.7. The number of sulfonamides is 1. The van der Waals surface area contributed by atoms with E-state index in [1.807, 2.05) is 82.4 Å². The summed E-state index contributed by atoms with van der Waals surface area (Å²) in [5, 5.41) is 0.700. The van der Waals surface area contributed by atoms with E-state index in [-0.39, 0.29) is 18.4 Å². The van der Waals surface area contributed by atoms with E-state index in [9.17, 15) is 13.2 Å². The zero-order valence-electron chi connectivity index (χ0n) is 24.1. The first-order chi connectivity index (χ1) is 18.4. The molecule has 3 aromatic rings. The van der Waals surface area contributed by atoms with Crippen LogP contribution in [0, 0.1) is 26.7 Å². The second-order valence-corrected chi connectivity index (χ2v) is 13.1. The van der Waals surface area contributed by atoms with Crippen LogP contribution in [0.1, 0.15) is 61.6 Å². The zero-order valence-corrected chi connectivity index (χ0v) is 25.6. The zero-order chi connectivity index (χ0) is 28.7. The van der Waals surface area contributed by atoms with Gasteiger partial charge in [-0.05, 0) is 68.0 Å². The molecule has 0 aliphatic heterocycles. The maximum Gasteiger partial charge on any atom is 0.244 e. The molecule has 6 nitrogen and oxygen atoms in total. The van der Waals surface area contributed by atoms with Crippen molar-refractivity contribution >= 4 is 27.5 Å². The van der Waals surface area contributed by atoms with Crippen LogP contribution in [0.5, 0.6) is 0 Å². The van der Waals surface area contributed by atoms with Gasteiger partial charge in [0.1, 0.15) is 0 Å². The topological polar surface area (TPSA) is 62.6 Å². The standard InChI is InChI=1S/C31H42ClN3O3S/c1-7-8-16-35(39(37,38)31-25(5)17-24(4)18-26(31)6)22-30(36)34(19-23(2)3)21-28-13-11-15-33(28)20-27-12-9-10-14-29(27)32/h9-15,17-18,23H,7-8,16,19-22H2,1-6H3. The SMILES string of the molecule is CCCCN(CC(=O)N(Cc1cccn1Cc1ccccc1Cl)CC(C)C)S(=O)(=O)c1c(C)cc(C)cc1C. The average molecular weight is 572 g/mol. The van der Waals surface area contributed by atoms with Gasteiger partial charge in [-0.1, -0.05) is 74.7 Å². The third-order valence-corrected chi connectivity index (χ3v) is 9.31. The predicted octanol–water partition coefficient (Wildman–Crippen LogP) is 6.59. The van der Waals surface area contributed by atoms with Crippen molar-refractivity contribution in [1.29, 1.82) is 0 Å². The Balaban J connectivity index is 1.89. The Bertz CT molecular complexity index is 1360. The van der Waals surface area contributed by atoms with E-state index in [2.05, 4.69) is 18.4 Å². The van der Waals surface area contributed by atoms with Gasteiger partial charge in [0.2, 0.25) is 15.9 Å². The van der Waals surface area contributed by atoms with Gasteiger partial charge in [0, 0.05) is 36.5 Å². The molecule has 212 valence electrons. The molecule has 0 unspecified atom stereocenters. The summed E-state index contributed by atoms with van der Waals surface area (Å²) >= 11 is 6.40. The first kappa shape index (κ1) is 30.9. The molecule has 0 aliphatic rings. The quantitative estimate of drug-likeness (QED) is 0.232. The molecule has 0 aliphatic carbocycles. The summed E-state index contributed by atoms with van der Waals surface area (Å²) < 4.78 is 31.3. The number of aryl methyl sites for hydroxylation is 3. The normalized spacial score (nSPS) is 11.9. The van der Waals surface area contributed by atoms with Crippen molar-refractivity contribution < 1.29 is 13.2 Å². The van der Waals surface area contributed by atoms with Crippen LogP contribution in [0.15, 0.2) is 59.6 Å². The van der Waals surface area contributed by atoms with Crippen LogP contribution in [0.2, 0.25) is 5.02 Å². The van der Waals surface area contributed by atoms with E-state index in [4.69, 9.17) is 11.6 Å². The molecule has 39 heavy (non-hydrogen) atoms. The lowest BCUT2D eigenvalue weighted by molar-refractivity contribution is -0.132. The molecular weight excluding hydrogens is 530 g/mol. The van der Waals surface area contributed by atoms with Gasteiger partial charge in [0.15, 0.2) is 0 Å². The van der Waals surface area contributed by atoms with E-state index in [0.29, 0.717) is 53.6 Å². The lowest BCUT2D eigenvalue weighted by atomic mass is 10.1. The molecule has 0 bridgehead atoms. The van der Waals surface area contributed by atoms with Crippen molar-refractivity contribution in [3.8, 4) is 0 Å². The van der Waals surface area contributed by atoms with Crippen LogP contribution >= 0.6 is 11.6 Å². The molecule has 3 rings (SSSR count). The lowest BCUT2D eigenvalue weighted by Crippen LogP contribution is -2.44. The number of amides is 1. The fourth-order valence-electron chi connectivity index (χ4n) is 5.02. The molecule has 2 aromatic carbocycles. The van der Waals surface area contributed by atoms with Gasteiger partial charge in [0.05, 0.1) is 18.0 Å². The Morgan fingerprint density at radius 1 is 1.03 bits per heavy atom. The molecule has 8 heteroatoms. The van der Waals surface area contributed by atoms with Crippen molar-refractivity contribution in [2.24, 2.45) is 5.92 Å². The molecule has 1 aromatic heterocycles. The van der Waals surface area contributed by atoms with Crippen molar-refractivity contribution in [2.75, 3.05) is 19.6 Å². The number of rotatable bonds is 13. The fraction of sp³-hybridized carbons (Fsp3) is 0.452. The number of halogens is 1. The van der Waals surface area contributed by atoms with Gasteiger partial charge in [-0.2, -0.15) is 4.31 Å². The highest BCUT2D eigenvalue weighted by atomic mass is 35.5. The van der Waals surface area contributed by atoms with Gasteiger partial charge in [0.25, 0.3) is 0 Å². The summed E-state index contributed by atoms with van der Waals surface area (Å²) in [4.78, 5) is 15.9. The van der Waals surface area contributed by atoms with E-state index in [1.54, 1.807) is 4.90 Å². The lowest BCUT2D eigenvalue weighted by Gasteiger charge is -2.29. The number of nitrogens with zero attached hydrogens (tertiary/aromatic N) is 3. The minimum absolute atomic E-state index is 0.187. The third kappa shape index (κ3) is 7.96. The Morgan fingerprint density at radius 3 is 2.31 bits per heavy atom. The molecule has 0 N–H and O–H groups in total. The highest BCUT2D eigenvalue weighted by molar-refractivity contribution is 7.89. The van der Waals surface area contributed by atoms with Crippen LogP contribution in [-0.2, 0) is 27.9 Å². The number of carbonyl (C=O) groups is 1. The summed E-state index contributed by atoms with van der Waals surface area (Å²) in [6.45, 7) is 13.4. The molecule has 0 spiro atoms. The number of carbonyl (C=O) groups excluding carboxylic acids is 1. The Hall–Kier alpha value is -2.61. The Morgan fingerprint density at radius 2 is 1.69 bits per heavy atom. The molecule has 0 radical (unpaired) electrons. The minimum atomic E-state index is -3.86. The van der Waals surface area contributed by atoms with Gasteiger partial charge in [-0.15, -0.1) is 0 Å². The summed E-state index contributed by atoms with van der Waals surface area (Å²) in [7, 11) is -3.86. The number of hydrogen-bond donors (Lipinski definition) is 0. The second-order valence-electron chi connectivity index (χ2n) is 10.8. The summed E-state index contributed by atoms with van der Waals surface area (Å²) in [5.41, 5.74) is 4.40. The largest absolute Gasteiger partial charge is 0.345 e. The molecule has 0 saturated carbocycles. The monoisotopic (exact) mass is 571 g/mol. The molecular formula is C31H42ClN3O3S. The van der Waals surface area contributed by atoms with Crippen molar-refractivity contribution in [1.82, 2.24) is 13.8 Å². The molecule has 1 amide bonds. The third-order valence-electron chi connectivity index (χ3n) is 6.79. The Labute approximate surface area is 239 Å². The van der Waals surface area contributed by atoms with Crippen LogP contribution in [-0.4, -0.2) is 47.7 Å². The average Bonchev–Trinajstić information content (AvgIpc) is 3.27. The van der Waals surface area contributed by atoms with Crippen molar-refractivity contribution in [3.63, 3.8) is 0 Å². The highest BCUT2D eigenvalue weighted by Gasteiger charge is 2.31. The second kappa shape index (κ2) is 13.6. The molecule has 0 fully saturated rings. The fourth-order valence-corrected chi connectivity index (χ4v) is 7.06. The van der Waals surface area contributed by atoms with Gasteiger partial charge in [-0.25, -0.2) is 8.42 Å². The van der Waals surface area contributed by atoms with Gasteiger partial charge >= 0.3 is 0 Å². The van der Waals surface area contributed by atoms with Crippen LogP contribution < -0.4 is 0 Å². The number of hydrogen-bond acceptors (Lipinski definition) is 3. The maximum atomic E-state index is 13.9. The summed E-state index contributed by atoms with van der Waals surface area (Å²) in [5.74, 6) is 0.0273. The number of aromatic nitrogens is 1. The molecule has 1 heterocycles. The number of benzene rings is 2. The summed E-state index contributed by atoms with van der Waals surface area (Å²) in [6.07, 6.45) is 3.50. The smallest absolute Gasteiger partial charge is 0.244 e. The van der Waals surface area contributed by atoms with E-state index >= 15 is 0 Å². The maximum absolute atomic E-state index is 13.9. The van der Waals surface area contributed by atoms with Crippen LogP contribution in [0.3, 0.4) is 0 Å². The number of unbranched alkanes of at least 4 members (excludes halogenated alkanes) is 1. The first-order valence-corrected chi connectivity index (χ1v) is 15.5. The summed E-state index contributed by atoms with van der Waals surface area (Å²) in [6, 6.07) is 15.5. The van der Waals surface area contributed by atoms with E-state index < -0.39 is 10.0 Å².